The third-order valence-electron chi connectivity index (χ3n) is 2.39. The molecule has 0 amide bonds. The Morgan fingerprint density at radius 2 is 1.19 bits per heavy atom. The number of rotatable bonds is 11. The van der Waals surface area contributed by atoms with Gasteiger partial charge < -0.3 is 30.3 Å². The number of nitrogens with zero attached hydrogens (tertiary/aromatic N) is 2. The Hall–Kier alpha value is -2.24. The molecular formula is C10H16N2O9. The Balaban J connectivity index is 4.80. The molecule has 0 heterocycles. The second-order valence-corrected chi connectivity index (χ2v) is 4.38. The molecule has 0 spiro atoms. The predicted octanol–water partition coefficient (Wildman–Crippen LogP) is -2.06. The van der Waals surface area contributed by atoms with Crippen LogP contribution in [0.3, 0.4) is 0 Å². The molecule has 0 fully saturated rings. The van der Waals surface area contributed by atoms with E-state index < -0.39 is 61.2 Å². The van der Waals surface area contributed by atoms with Gasteiger partial charge in [-0.3, -0.25) is 14.5 Å². The summed E-state index contributed by atoms with van der Waals surface area (Å²) in [7, 11) is 0. The maximum absolute atomic E-state index is 12.1. The van der Waals surface area contributed by atoms with Gasteiger partial charge in [0.1, 0.15) is 0 Å². The van der Waals surface area contributed by atoms with Gasteiger partial charge in [-0.25, -0.2) is 9.59 Å². The zero-order chi connectivity index (χ0) is 16.6. The quantitative estimate of drug-likeness (QED) is 0.245. The van der Waals surface area contributed by atoms with Crippen LogP contribution in [0.2, 0.25) is 0 Å². The molecule has 120 valence electrons. The summed E-state index contributed by atoms with van der Waals surface area (Å²) in [6.45, 7) is -4.26. The third kappa shape index (κ3) is 9.32. The Labute approximate surface area is 118 Å². The van der Waals surface area contributed by atoms with Crippen LogP contribution in [0.1, 0.15) is 0 Å². The molecule has 11 heteroatoms. The lowest BCUT2D eigenvalue weighted by Gasteiger charge is -2.40. The highest BCUT2D eigenvalue weighted by Gasteiger charge is 2.26. The van der Waals surface area contributed by atoms with E-state index in [0.717, 1.165) is 4.90 Å². The van der Waals surface area contributed by atoms with Gasteiger partial charge in [-0.1, -0.05) is 0 Å². The van der Waals surface area contributed by atoms with Crippen molar-refractivity contribution in [2.45, 2.75) is 0 Å². The molecule has 4 N–H and O–H groups in total. The van der Waals surface area contributed by atoms with Crippen LogP contribution in [0.25, 0.3) is 0 Å². The first-order chi connectivity index (χ1) is 9.54. The Morgan fingerprint density at radius 1 is 0.810 bits per heavy atom. The van der Waals surface area contributed by atoms with E-state index in [2.05, 4.69) is 0 Å². The van der Waals surface area contributed by atoms with E-state index in [0.29, 0.717) is 0 Å². The number of hydrogen-bond donors (Lipinski definition) is 4. The molecule has 0 aromatic rings. The van der Waals surface area contributed by atoms with Crippen LogP contribution >= 0.6 is 0 Å². The maximum atomic E-state index is 12.1. The van der Waals surface area contributed by atoms with Crippen molar-refractivity contribution < 1.29 is 44.3 Å². The molecule has 0 bridgehead atoms. The topological polar surface area (TPSA) is 175 Å². The molecule has 0 aliphatic heterocycles. The van der Waals surface area contributed by atoms with E-state index in [-0.39, 0.29) is 6.54 Å². The van der Waals surface area contributed by atoms with Gasteiger partial charge in [-0.2, -0.15) is 0 Å². The van der Waals surface area contributed by atoms with Crippen LogP contribution in [-0.2, 0) is 19.2 Å². The Bertz CT molecular complexity index is 391. The number of hydroxylamine groups is 3. The van der Waals surface area contributed by atoms with Crippen molar-refractivity contribution in [1.29, 1.82) is 0 Å². The maximum Gasteiger partial charge on any atom is 0.359 e. The van der Waals surface area contributed by atoms with Crippen LogP contribution in [-0.4, -0.2) is 93.1 Å². The molecule has 0 aromatic carbocycles. The Kier molecular flexibility index (Phi) is 7.27. The minimum Gasteiger partial charge on any atom is -0.632 e. The van der Waals surface area contributed by atoms with Crippen molar-refractivity contribution in [1.82, 2.24) is 4.90 Å². The van der Waals surface area contributed by atoms with Gasteiger partial charge in [0, 0.05) is 6.54 Å². The van der Waals surface area contributed by atoms with Crippen molar-refractivity contribution in [2.75, 3.05) is 39.3 Å². The van der Waals surface area contributed by atoms with Crippen molar-refractivity contribution in [3.63, 3.8) is 0 Å². The van der Waals surface area contributed by atoms with Crippen molar-refractivity contribution >= 4 is 23.9 Å². The second kappa shape index (κ2) is 8.14. The molecule has 0 aliphatic rings. The van der Waals surface area contributed by atoms with Gasteiger partial charge in [0.25, 0.3) is 0 Å². The summed E-state index contributed by atoms with van der Waals surface area (Å²) in [4.78, 5) is 43.2. The van der Waals surface area contributed by atoms with Gasteiger partial charge in [0.15, 0.2) is 13.1 Å². The second-order valence-electron chi connectivity index (χ2n) is 4.38. The SMILES string of the molecule is O=C(O)CN(CC[N+]([O-])(CC(=O)O)CC(=O)O)CC(=O)O. The lowest BCUT2D eigenvalue weighted by atomic mass is 10.3. The lowest BCUT2D eigenvalue weighted by Crippen LogP contribution is -2.53. The fourth-order valence-electron chi connectivity index (χ4n) is 1.63. The minimum atomic E-state index is -1.61. The standard InChI is InChI=1S/C10H16N2O9/c13-7(14)3-11(4-8(15)16)1-2-12(21,5-9(17)18)6-10(19)20/h1-6H2,(H,13,14)(H,15,16)(H,17,18)(H,19,20). The minimum absolute atomic E-state index is 0.358. The number of carbonyl (C=O) groups is 4. The van der Waals surface area contributed by atoms with Crippen LogP contribution in [0.15, 0.2) is 0 Å². The molecule has 0 saturated carbocycles. The average molecular weight is 308 g/mol. The summed E-state index contributed by atoms with van der Waals surface area (Å²) in [5.41, 5.74) is 0. The van der Waals surface area contributed by atoms with Gasteiger partial charge in [-0.15, -0.1) is 0 Å². The zero-order valence-electron chi connectivity index (χ0n) is 11.0. The van der Waals surface area contributed by atoms with Gasteiger partial charge in [-0.05, 0) is 0 Å². The van der Waals surface area contributed by atoms with Crippen LogP contribution in [0.5, 0.6) is 0 Å². The molecule has 0 aliphatic carbocycles. The van der Waals surface area contributed by atoms with E-state index in [1.54, 1.807) is 0 Å². The smallest absolute Gasteiger partial charge is 0.359 e. The fourth-order valence-corrected chi connectivity index (χ4v) is 1.63. The van der Waals surface area contributed by atoms with Crippen LogP contribution in [0, 0.1) is 5.21 Å². The summed E-state index contributed by atoms with van der Waals surface area (Å²) >= 11 is 0. The van der Waals surface area contributed by atoms with E-state index in [1.807, 2.05) is 0 Å². The highest BCUT2D eigenvalue weighted by atomic mass is 16.6. The average Bonchev–Trinajstić information content (AvgIpc) is 2.21. The first-order valence-corrected chi connectivity index (χ1v) is 5.71. The first kappa shape index (κ1) is 18.8. The van der Waals surface area contributed by atoms with Crippen molar-refractivity contribution in [2.24, 2.45) is 0 Å². The van der Waals surface area contributed by atoms with E-state index >= 15 is 0 Å². The van der Waals surface area contributed by atoms with E-state index in [1.165, 1.54) is 0 Å². The number of hydrogen-bond acceptors (Lipinski definition) is 6. The molecule has 0 radical (unpaired) electrons. The lowest BCUT2D eigenvalue weighted by molar-refractivity contribution is -0.865. The molecular weight excluding hydrogens is 292 g/mol. The number of carboxylic acids is 4. The summed E-state index contributed by atoms with van der Waals surface area (Å²) in [5, 5.41) is 46.5. The number of quaternary nitrogens is 1. The van der Waals surface area contributed by atoms with E-state index in [9.17, 15) is 24.4 Å². The highest BCUT2D eigenvalue weighted by molar-refractivity contribution is 5.72. The molecule has 21 heavy (non-hydrogen) atoms. The monoisotopic (exact) mass is 308 g/mol. The van der Waals surface area contributed by atoms with Crippen molar-refractivity contribution in [3.05, 3.63) is 5.21 Å². The molecule has 11 nitrogen and oxygen atoms in total. The molecule has 0 aromatic heterocycles. The summed E-state index contributed by atoms with van der Waals surface area (Å²) in [5.74, 6) is -5.66. The largest absolute Gasteiger partial charge is 0.632 e. The number of aliphatic carboxylic acids is 4. The first-order valence-electron chi connectivity index (χ1n) is 5.71. The third-order valence-corrected chi connectivity index (χ3v) is 2.39. The van der Waals surface area contributed by atoms with E-state index in [4.69, 9.17) is 20.4 Å². The summed E-state index contributed by atoms with van der Waals surface area (Å²) in [6, 6.07) is 0. The van der Waals surface area contributed by atoms with Gasteiger partial charge in [0.05, 0.1) is 19.6 Å². The zero-order valence-corrected chi connectivity index (χ0v) is 11.0. The fraction of sp³-hybridized carbons (Fsp3) is 0.600. The van der Waals surface area contributed by atoms with Gasteiger partial charge >= 0.3 is 23.9 Å². The highest BCUT2D eigenvalue weighted by Crippen LogP contribution is 2.05. The van der Waals surface area contributed by atoms with Crippen LogP contribution in [0.4, 0.5) is 0 Å². The normalized spacial score (nSPS) is 11.3. The molecule has 0 saturated heterocycles. The summed E-state index contributed by atoms with van der Waals surface area (Å²) < 4.78 is -1.61. The molecule has 0 atom stereocenters. The van der Waals surface area contributed by atoms with Crippen LogP contribution < -0.4 is 0 Å². The van der Waals surface area contributed by atoms with Crippen molar-refractivity contribution in [3.8, 4) is 0 Å². The Morgan fingerprint density at radius 3 is 1.48 bits per heavy atom. The number of carboxylic acid groups (broad SMARTS) is 4. The molecule has 0 rings (SSSR count). The summed E-state index contributed by atoms with van der Waals surface area (Å²) in [6.07, 6.45) is 0. The van der Waals surface area contributed by atoms with Gasteiger partial charge in [0.2, 0.25) is 0 Å². The predicted molar refractivity (Wildman–Crippen MR) is 65.2 cm³/mol. The molecule has 0 unspecified atom stereocenters.